The molecular formula is C26H34ClFN6O3. The Morgan fingerprint density at radius 3 is 2.54 bits per heavy atom. The van der Waals surface area contributed by atoms with Crippen molar-refractivity contribution < 1.29 is 18.8 Å². The number of piperidine rings is 1. The van der Waals surface area contributed by atoms with Gasteiger partial charge in [0.25, 0.3) is 11.8 Å². The summed E-state index contributed by atoms with van der Waals surface area (Å²) < 4.78 is 13.3. The molecule has 9 nitrogen and oxygen atoms in total. The zero-order valence-electron chi connectivity index (χ0n) is 21.0. The molecule has 11 heteroatoms. The SMILES string of the molecule is CC1CCN(CCN(C(=O)c2[nH]cnc2C(N)=O)C2CCC(C(=O)Nc3ccc(F)cc3Cl)CC2)CC1. The number of hydrogen-bond donors (Lipinski definition) is 3. The van der Waals surface area contributed by atoms with Gasteiger partial charge in [0.1, 0.15) is 11.5 Å². The predicted molar refractivity (Wildman–Crippen MR) is 139 cm³/mol. The van der Waals surface area contributed by atoms with Crippen LogP contribution in [0.25, 0.3) is 0 Å². The van der Waals surface area contributed by atoms with Gasteiger partial charge >= 0.3 is 0 Å². The third-order valence-corrected chi connectivity index (χ3v) is 7.89. The summed E-state index contributed by atoms with van der Waals surface area (Å²) in [7, 11) is 0. The van der Waals surface area contributed by atoms with Crippen LogP contribution in [0.1, 0.15) is 66.4 Å². The van der Waals surface area contributed by atoms with Crippen molar-refractivity contribution in [1.29, 1.82) is 0 Å². The third kappa shape index (κ3) is 6.67. The van der Waals surface area contributed by atoms with Crippen molar-refractivity contribution >= 4 is 35.0 Å². The number of aromatic nitrogens is 2. The zero-order valence-corrected chi connectivity index (χ0v) is 21.8. The summed E-state index contributed by atoms with van der Waals surface area (Å²) in [6.45, 7) is 5.51. The van der Waals surface area contributed by atoms with E-state index in [-0.39, 0.29) is 40.2 Å². The second-order valence-electron chi connectivity index (χ2n) is 10.1. The highest BCUT2D eigenvalue weighted by Gasteiger charge is 2.34. The molecule has 1 aromatic heterocycles. The Hall–Kier alpha value is -2.98. The lowest BCUT2D eigenvalue weighted by Gasteiger charge is -2.38. The Morgan fingerprint density at radius 1 is 1.19 bits per heavy atom. The molecule has 1 aromatic carbocycles. The van der Waals surface area contributed by atoms with Gasteiger partial charge in [0.05, 0.1) is 17.0 Å². The van der Waals surface area contributed by atoms with Crippen molar-refractivity contribution in [2.45, 2.75) is 51.5 Å². The van der Waals surface area contributed by atoms with E-state index < -0.39 is 11.7 Å². The first-order chi connectivity index (χ1) is 17.7. The van der Waals surface area contributed by atoms with Crippen molar-refractivity contribution in [3.63, 3.8) is 0 Å². The van der Waals surface area contributed by atoms with Gasteiger partial charge < -0.3 is 25.8 Å². The number of imidazole rings is 1. The monoisotopic (exact) mass is 532 g/mol. The first-order valence-corrected chi connectivity index (χ1v) is 13.2. The van der Waals surface area contributed by atoms with Crippen LogP contribution in [0.2, 0.25) is 5.02 Å². The van der Waals surface area contributed by atoms with E-state index >= 15 is 0 Å². The van der Waals surface area contributed by atoms with Gasteiger partial charge in [-0.1, -0.05) is 18.5 Å². The molecule has 2 fully saturated rings. The molecule has 0 unspecified atom stereocenters. The fourth-order valence-corrected chi connectivity index (χ4v) is 5.46. The molecule has 0 spiro atoms. The Labute approximate surface area is 220 Å². The molecule has 1 aliphatic carbocycles. The molecule has 1 saturated heterocycles. The van der Waals surface area contributed by atoms with E-state index in [1.807, 2.05) is 4.90 Å². The van der Waals surface area contributed by atoms with Crippen LogP contribution >= 0.6 is 11.6 Å². The maximum Gasteiger partial charge on any atom is 0.273 e. The highest BCUT2D eigenvalue weighted by molar-refractivity contribution is 6.33. The number of rotatable bonds is 8. The molecule has 200 valence electrons. The van der Waals surface area contributed by atoms with E-state index in [9.17, 15) is 18.8 Å². The molecule has 4 rings (SSSR count). The van der Waals surface area contributed by atoms with Crippen molar-refractivity contribution in [3.8, 4) is 0 Å². The number of nitrogens with two attached hydrogens (primary N) is 1. The number of nitrogens with zero attached hydrogens (tertiary/aromatic N) is 3. The normalized spacial score (nSPS) is 20.9. The van der Waals surface area contributed by atoms with Gasteiger partial charge in [-0.05, 0) is 75.7 Å². The van der Waals surface area contributed by atoms with E-state index in [0.717, 1.165) is 38.5 Å². The number of carbonyl (C=O) groups excluding carboxylic acids is 3. The van der Waals surface area contributed by atoms with E-state index in [1.165, 1.54) is 18.5 Å². The van der Waals surface area contributed by atoms with Crippen LogP contribution in [0.15, 0.2) is 24.5 Å². The Kier molecular flexibility index (Phi) is 8.81. The van der Waals surface area contributed by atoms with Gasteiger partial charge in [-0.15, -0.1) is 0 Å². The number of anilines is 1. The zero-order chi connectivity index (χ0) is 26.5. The lowest BCUT2D eigenvalue weighted by atomic mass is 9.84. The fourth-order valence-electron chi connectivity index (χ4n) is 5.25. The molecule has 4 N–H and O–H groups in total. The first kappa shape index (κ1) is 27.1. The van der Waals surface area contributed by atoms with Gasteiger partial charge in [0.2, 0.25) is 5.91 Å². The summed E-state index contributed by atoms with van der Waals surface area (Å²) >= 11 is 6.06. The number of amides is 3. The van der Waals surface area contributed by atoms with Crippen LogP contribution in [0.3, 0.4) is 0 Å². The van der Waals surface area contributed by atoms with E-state index in [2.05, 4.69) is 27.1 Å². The summed E-state index contributed by atoms with van der Waals surface area (Å²) in [6, 6.07) is 3.78. The van der Waals surface area contributed by atoms with Crippen LogP contribution < -0.4 is 11.1 Å². The summed E-state index contributed by atoms with van der Waals surface area (Å²) in [5, 5.41) is 2.95. The highest BCUT2D eigenvalue weighted by Crippen LogP contribution is 2.31. The van der Waals surface area contributed by atoms with Gasteiger partial charge in [0, 0.05) is 25.0 Å². The minimum atomic E-state index is -0.755. The molecule has 37 heavy (non-hydrogen) atoms. The molecule has 2 aliphatic rings. The van der Waals surface area contributed by atoms with Crippen LogP contribution in [-0.2, 0) is 4.79 Å². The lowest BCUT2D eigenvalue weighted by Crippen LogP contribution is -2.48. The first-order valence-electron chi connectivity index (χ1n) is 12.8. The predicted octanol–water partition coefficient (Wildman–Crippen LogP) is 3.67. The van der Waals surface area contributed by atoms with Crippen LogP contribution in [0, 0.1) is 17.7 Å². The number of primary amides is 1. The molecule has 0 atom stereocenters. The smallest absolute Gasteiger partial charge is 0.273 e. The summed E-state index contributed by atoms with van der Waals surface area (Å²) in [6.07, 6.45) is 6.03. The summed E-state index contributed by atoms with van der Waals surface area (Å²) in [5.41, 5.74) is 5.85. The molecule has 3 amide bonds. The summed E-state index contributed by atoms with van der Waals surface area (Å²) in [4.78, 5) is 49.2. The molecular weight excluding hydrogens is 499 g/mol. The fraction of sp³-hybridized carbons (Fsp3) is 0.538. The van der Waals surface area contributed by atoms with Crippen LogP contribution in [0.5, 0.6) is 0 Å². The average Bonchev–Trinajstić information content (AvgIpc) is 3.38. The molecule has 0 bridgehead atoms. The maximum atomic E-state index is 13.6. The summed E-state index contributed by atoms with van der Waals surface area (Å²) in [5.74, 6) is -1.23. The number of nitrogens with one attached hydrogen (secondary N) is 2. The van der Waals surface area contributed by atoms with Gasteiger partial charge in [0.15, 0.2) is 5.69 Å². The largest absolute Gasteiger partial charge is 0.364 e. The number of aromatic amines is 1. The Bertz CT molecular complexity index is 1130. The van der Waals surface area contributed by atoms with Gasteiger partial charge in [-0.2, -0.15) is 0 Å². The minimum Gasteiger partial charge on any atom is -0.364 e. The molecule has 0 radical (unpaired) electrons. The van der Waals surface area contributed by atoms with E-state index in [4.69, 9.17) is 17.3 Å². The Balaban J connectivity index is 1.42. The quantitative estimate of drug-likeness (QED) is 0.478. The maximum absolute atomic E-state index is 13.6. The molecule has 1 aliphatic heterocycles. The third-order valence-electron chi connectivity index (χ3n) is 7.58. The molecule has 2 heterocycles. The second-order valence-corrected chi connectivity index (χ2v) is 10.5. The number of benzene rings is 1. The van der Waals surface area contributed by atoms with Crippen LogP contribution in [-0.4, -0.2) is 69.7 Å². The van der Waals surface area contributed by atoms with Crippen molar-refractivity contribution in [2.24, 2.45) is 17.6 Å². The molecule has 2 aromatic rings. The Morgan fingerprint density at radius 2 is 1.89 bits per heavy atom. The number of halogens is 2. The number of H-pyrrole nitrogens is 1. The molecule has 1 saturated carbocycles. The van der Waals surface area contributed by atoms with Gasteiger partial charge in [-0.25, -0.2) is 9.37 Å². The topological polar surface area (TPSA) is 124 Å². The average molecular weight is 533 g/mol. The highest BCUT2D eigenvalue weighted by atomic mass is 35.5. The van der Waals surface area contributed by atoms with Gasteiger partial charge in [-0.3, -0.25) is 14.4 Å². The van der Waals surface area contributed by atoms with Crippen molar-refractivity contribution in [2.75, 3.05) is 31.5 Å². The lowest BCUT2D eigenvalue weighted by molar-refractivity contribution is -0.121. The number of hydrogen-bond acceptors (Lipinski definition) is 5. The second kappa shape index (κ2) is 12.0. The van der Waals surface area contributed by atoms with Crippen molar-refractivity contribution in [3.05, 3.63) is 46.8 Å². The number of likely N-dealkylation sites (tertiary alicyclic amines) is 1. The van der Waals surface area contributed by atoms with E-state index in [0.29, 0.717) is 43.8 Å². The van der Waals surface area contributed by atoms with Crippen LogP contribution in [0.4, 0.5) is 10.1 Å². The number of carbonyl (C=O) groups is 3. The van der Waals surface area contributed by atoms with Crippen molar-refractivity contribution in [1.82, 2.24) is 19.8 Å². The minimum absolute atomic E-state index is 0.0639. The van der Waals surface area contributed by atoms with E-state index in [1.54, 1.807) is 0 Å². The standard InChI is InChI=1S/C26H34ClFN6O3/c1-16-8-10-33(11-9-16)12-13-34(26(37)23-22(24(29)35)30-15-31-23)19-5-2-17(3-6-19)25(36)32-21-7-4-18(28)14-20(21)27/h4,7,14-17,19H,2-3,5-6,8-13H2,1H3,(H2,29,35)(H,30,31)(H,32,36).